The quantitative estimate of drug-likeness (QED) is 0.311. The van der Waals surface area contributed by atoms with Crippen LogP contribution in [-0.4, -0.2) is 83.7 Å². The molecule has 0 radical (unpaired) electrons. The molecule has 4 aromatic rings. The fourth-order valence-corrected chi connectivity index (χ4v) is 4.05. The maximum atomic E-state index is 12.2. The van der Waals surface area contributed by atoms with E-state index in [2.05, 4.69) is 42.7 Å². The predicted molar refractivity (Wildman–Crippen MR) is 138 cm³/mol. The number of aliphatic hydroxyl groups is 1. The number of likely N-dealkylation sites (tertiary alicyclic amines) is 1. The fourth-order valence-electron chi connectivity index (χ4n) is 4.05. The lowest BCUT2D eigenvalue weighted by Crippen LogP contribution is -2.48. The number of carbonyl (C=O) groups is 1. The molecule has 0 spiro atoms. The molecule has 3 N–H and O–H groups in total. The molecular formula is C25H31N9O3. The number of hydrogen-bond donors (Lipinski definition) is 3. The Hall–Kier alpha value is -4.03. The molecule has 0 unspecified atom stereocenters. The first-order valence-electron chi connectivity index (χ1n) is 12.1. The van der Waals surface area contributed by atoms with Crippen LogP contribution in [0.3, 0.4) is 0 Å². The third kappa shape index (κ3) is 5.54. The molecule has 4 aromatic heterocycles. The van der Waals surface area contributed by atoms with E-state index < -0.39 is 11.5 Å². The molecule has 12 heteroatoms. The Kier molecular flexibility index (Phi) is 6.52. The normalized spacial score (nSPS) is 16.0. The lowest BCUT2D eigenvalue weighted by atomic mass is 10.1. The summed E-state index contributed by atoms with van der Waals surface area (Å²) in [5.74, 6) is 1.39. The highest BCUT2D eigenvalue weighted by Crippen LogP contribution is 2.31. The number of aromatic nitrogens is 6. The molecule has 1 amide bonds. The van der Waals surface area contributed by atoms with Gasteiger partial charge in [0.15, 0.2) is 11.6 Å². The van der Waals surface area contributed by atoms with E-state index >= 15 is 0 Å². The van der Waals surface area contributed by atoms with Gasteiger partial charge in [-0.3, -0.25) is 14.4 Å². The summed E-state index contributed by atoms with van der Waals surface area (Å²) in [5.41, 5.74) is 1.90. The van der Waals surface area contributed by atoms with Crippen molar-refractivity contribution in [2.75, 3.05) is 32.1 Å². The van der Waals surface area contributed by atoms with E-state index in [9.17, 15) is 9.90 Å². The molecule has 1 saturated heterocycles. The number of anilines is 2. The maximum absolute atomic E-state index is 12.2. The zero-order chi connectivity index (χ0) is 26.2. The molecule has 12 nitrogen and oxygen atoms in total. The molecule has 5 heterocycles. The molecular weight excluding hydrogens is 474 g/mol. The van der Waals surface area contributed by atoms with E-state index in [0.29, 0.717) is 24.3 Å². The Labute approximate surface area is 214 Å². The lowest BCUT2D eigenvalue weighted by molar-refractivity contribution is 0.0691. The van der Waals surface area contributed by atoms with Gasteiger partial charge in [-0.05, 0) is 46.0 Å². The first kappa shape index (κ1) is 24.7. The third-order valence-corrected chi connectivity index (χ3v) is 6.33. The summed E-state index contributed by atoms with van der Waals surface area (Å²) in [4.78, 5) is 22.9. The highest BCUT2D eigenvalue weighted by molar-refractivity contribution is 5.92. The molecule has 1 aliphatic heterocycles. The fraction of sp³-hybridized carbons (Fsp3) is 0.400. The number of fused-ring (bicyclic) bond motifs is 1. The van der Waals surface area contributed by atoms with Crippen LogP contribution < -0.4 is 15.4 Å². The second-order valence-electron chi connectivity index (χ2n) is 9.94. The second-order valence-corrected chi connectivity index (χ2v) is 9.94. The summed E-state index contributed by atoms with van der Waals surface area (Å²) < 4.78 is 9.70. The Morgan fingerprint density at radius 3 is 2.70 bits per heavy atom. The number of nitrogens with one attached hydrogen (secondary N) is 2. The van der Waals surface area contributed by atoms with Gasteiger partial charge in [-0.1, -0.05) is 0 Å². The van der Waals surface area contributed by atoms with E-state index in [4.69, 9.17) is 4.74 Å². The lowest BCUT2D eigenvalue weighted by Gasteiger charge is -2.37. The van der Waals surface area contributed by atoms with Crippen molar-refractivity contribution in [3.63, 3.8) is 0 Å². The van der Waals surface area contributed by atoms with E-state index in [1.807, 2.05) is 36.1 Å². The van der Waals surface area contributed by atoms with Crippen molar-refractivity contribution in [2.24, 2.45) is 7.05 Å². The van der Waals surface area contributed by atoms with Crippen LogP contribution in [0.1, 0.15) is 30.8 Å². The Morgan fingerprint density at radius 1 is 1.19 bits per heavy atom. The first-order chi connectivity index (χ1) is 17.7. The molecule has 0 aromatic carbocycles. The van der Waals surface area contributed by atoms with Crippen LogP contribution >= 0.6 is 0 Å². The Bertz CT molecular complexity index is 1410. The Balaban J connectivity index is 1.28. The summed E-state index contributed by atoms with van der Waals surface area (Å²) in [5, 5.41) is 24.5. The van der Waals surface area contributed by atoms with Gasteiger partial charge in [0, 0.05) is 37.5 Å². The monoisotopic (exact) mass is 505 g/mol. The molecule has 37 heavy (non-hydrogen) atoms. The summed E-state index contributed by atoms with van der Waals surface area (Å²) >= 11 is 0. The predicted octanol–water partition coefficient (Wildman–Crippen LogP) is 1.85. The number of aryl methyl sites for hydroxylation is 1. The number of rotatable bonds is 9. The summed E-state index contributed by atoms with van der Waals surface area (Å²) in [6.07, 6.45) is 7.63. The zero-order valence-electron chi connectivity index (χ0n) is 21.3. The SMILES string of the molecule is CN1CC[C@@H]1COc1cnn(C)c1-c1ccn2nc(Nc3cnc(C(=O)NCC(C)(C)O)cn3)cc2c1. The number of hydrogen-bond acceptors (Lipinski definition) is 9. The molecule has 0 saturated carbocycles. The van der Waals surface area contributed by atoms with Gasteiger partial charge in [0.05, 0.1) is 29.7 Å². The average Bonchev–Trinajstić information content (AvgIpc) is 3.43. The molecule has 1 aliphatic rings. The molecule has 0 aliphatic carbocycles. The van der Waals surface area contributed by atoms with E-state index in [0.717, 1.165) is 35.5 Å². The average molecular weight is 506 g/mol. The summed E-state index contributed by atoms with van der Waals surface area (Å²) in [6.45, 7) is 5.08. The smallest absolute Gasteiger partial charge is 0.271 e. The van der Waals surface area contributed by atoms with Gasteiger partial charge in [0.2, 0.25) is 0 Å². The summed E-state index contributed by atoms with van der Waals surface area (Å²) in [7, 11) is 4.01. The number of amides is 1. The van der Waals surface area contributed by atoms with Gasteiger partial charge >= 0.3 is 0 Å². The Morgan fingerprint density at radius 2 is 2.03 bits per heavy atom. The van der Waals surface area contributed by atoms with E-state index in [-0.39, 0.29) is 12.2 Å². The van der Waals surface area contributed by atoms with Crippen molar-refractivity contribution in [3.05, 3.63) is 48.7 Å². The van der Waals surface area contributed by atoms with Crippen LogP contribution in [0.5, 0.6) is 5.75 Å². The van der Waals surface area contributed by atoms with Crippen LogP contribution in [0.25, 0.3) is 16.8 Å². The zero-order valence-corrected chi connectivity index (χ0v) is 21.3. The number of carbonyl (C=O) groups excluding carboxylic acids is 1. The van der Waals surface area contributed by atoms with Gasteiger partial charge in [-0.15, -0.1) is 0 Å². The standard InChI is InChI=1S/C25H31N9O3/c1-25(2,36)15-28-24(35)19-11-27-22(13-26-19)30-21-10-18-9-16(5-8-34(18)31-21)23-20(12-29-33(23)4)37-14-17-6-7-32(17)3/h5,8-13,17,36H,6-7,14-15H2,1-4H3,(H,28,35)(H,27,30,31)/t17-/m1/s1. The largest absolute Gasteiger partial charge is 0.488 e. The minimum absolute atomic E-state index is 0.112. The van der Waals surface area contributed by atoms with Gasteiger partial charge in [-0.2, -0.15) is 10.2 Å². The van der Waals surface area contributed by atoms with Crippen molar-refractivity contribution < 1.29 is 14.6 Å². The van der Waals surface area contributed by atoms with Crippen molar-refractivity contribution in [3.8, 4) is 17.0 Å². The van der Waals surface area contributed by atoms with Crippen molar-refractivity contribution in [1.29, 1.82) is 0 Å². The van der Waals surface area contributed by atoms with Gasteiger partial charge < -0.3 is 20.5 Å². The van der Waals surface area contributed by atoms with Crippen LogP contribution in [0.15, 0.2) is 43.0 Å². The van der Waals surface area contributed by atoms with Gasteiger partial charge in [0.25, 0.3) is 5.91 Å². The minimum atomic E-state index is -1.01. The van der Waals surface area contributed by atoms with Gasteiger partial charge in [-0.25, -0.2) is 14.5 Å². The van der Waals surface area contributed by atoms with Crippen molar-refractivity contribution in [1.82, 2.24) is 39.6 Å². The second kappa shape index (κ2) is 9.79. The van der Waals surface area contributed by atoms with E-state index in [1.165, 1.54) is 12.4 Å². The summed E-state index contributed by atoms with van der Waals surface area (Å²) in [6, 6.07) is 6.34. The number of nitrogens with zero attached hydrogens (tertiary/aromatic N) is 7. The van der Waals surface area contributed by atoms with Crippen LogP contribution in [0.4, 0.5) is 11.6 Å². The van der Waals surface area contributed by atoms with E-state index in [1.54, 1.807) is 24.6 Å². The molecule has 0 bridgehead atoms. The maximum Gasteiger partial charge on any atom is 0.271 e. The van der Waals surface area contributed by atoms with Gasteiger partial charge in [0.1, 0.15) is 23.8 Å². The van der Waals surface area contributed by atoms with Crippen molar-refractivity contribution >= 4 is 23.1 Å². The molecule has 1 fully saturated rings. The molecule has 1 atom stereocenters. The first-order valence-corrected chi connectivity index (χ1v) is 12.1. The highest BCUT2D eigenvalue weighted by atomic mass is 16.5. The number of pyridine rings is 1. The number of likely N-dealkylation sites (N-methyl/N-ethyl adjacent to an activating group) is 1. The topological polar surface area (TPSA) is 135 Å². The van der Waals surface area contributed by atoms with Crippen LogP contribution in [0.2, 0.25) is 0 Å². The van der Waals surface area contributed by atoms with Crippen LogP contribution in [-0.2, 0) is 7.05 Å². The molecule has 194 valence electrons. The van der Waals surface area contributed by atoms with Crippen LogP contribution in [0, 0.1) is 0 Å². The van der Waals surface area contributed by atoms with Crippen molar-refractivity contribution in [2.45, 2.75) is 31.9 Å². The minimum Gasteiger partial charge on any atom is -0.488 e. The molecule has 5 rings (SSSR count). The third-order valence-electron chi connectivity index (χ3n) is 6.33. The highest BCUT2D eigenvalue weighted by Gasteiger charge is 2.25. The number of ether oxygens (including phenoxy) is 1.